The van der Waals surface area contributed by atoms with E-state index >= 15 is 0 Å². The summed E-state index contributed by atoms with van der Waals surface area (Å²) in [6, 6.07) is 10.5. The zero-order chi connectivity index (χ0) is 14.7. The van der Waals surface area contributed by atoms with Gasteiger partial charge in [-0.1, -0.05) is 15.9 Å². The molecule has 0 aliphatic heterocycles. The van der Waals surface area contributed by atoms with Gasteiger partial charge >= 0.3 is 0 Å². The Kier molecular flexibility index (Phi) is 4.67. The molecular formula is C14H12Br2N2O2. The largest absolute Gasteiger partial charge is 0.495 e. The number of rotatable bonds is 3. The monoisotopic (exact) mass is 398 g/mol. The van der Waals surface area contributed by atoms with E-state index in [4.69, 9.17) is 10.5 Å². The number of methoxy groups -OCH3 is 1. The Hall–Kier alpha value is -1.53. The first-order valence-corrected chi connectivity index (χ1v) is 7.30. The Labute approximate surface area is 133 Å². The molecule has 0 bridgehead atoms. The summed E-state index contributed by atoms with van der Waals surface area (Å²) in [5.74, 6) is 0.307. The Balaban J connectivity index is 2.25. The van der Waals surface area contributed by atoms with Gasteiger partial charge in [0.15, 0.2) is 0 Å². The van der Waals surface area contributed by atoms with Crippen molar-refractivity contribution in [3.05, 3.63) is 50.9 Å². The number of halogens is 2. The van der Waals surface area contributed by atoms with E-state index in [2.05, 4.69) is 37.2 Å². The van der Waals surface area contributed by atoms with Crippen molar-refractivity contribution in [2.24, 2.45) is 0 Å². The summed E-state index contributed by atoms with van der Waals surface area (Å²) in [6.07, 6.45) is 0. The van der Waals surface area contributed by atoms with Crippen molar-refractivity contribution in [1.29, 1.82) is 0 Å². The maximum Gasteiger partial charge on any atom is 0.256 e. The van der Waals surface area contributed by atoms with Gasteiger partial charge in [-0.05, 0) is 46.3 Å². The van der Waals surface area contributed by atoms with Crippen LogP contribution in [0, 0.1) is 0 Å². The number of hydrogen-bond donors (Lipinski definition) is 2. The van der Waals surface area contributed by atoms with Crippen LogP contribution in [-0.4, -0.2) is 13.0 Å². The van der Waals surface area contributed by atoms with Gasteiger partial charge < -0.3 is 15.8 Å². The molecule has 104 valence electrons. The first kappa shape index (κ1) is 14.9. The van der Waals surface area contributed by atoms with Crippen LogP contribution in [0.2, 0.25) is 0 Å². The molecule has 6 heteroatoms. The van der Waals surface area contributed by atoms with E-state index in [9.17, 15) is 4.79 Å². The minimum atomic E-state index is -0.218. The summed E-state index contributed by atoms with van der Waals surface area (Å²) in [5, 5.41) is 2.80. The summed E-state index contributed by atoms with van der Waals surface area (Å²) >= 11 is 6.70. The van der Waals surface area contributed by atoms with Crippen LogP contribution in [0.5, 0.6) is 5.75 Å². The molecule has 3 N–H and O–H groups in total. The van der Waals surface area contributed by atoms with Crippen molar-refractivity contribution in [3.8, 4) is 5.75 Å². The van der Waals surface area contributed by atoms with Gasteiger partial charge in [-0.15, -0.1) is 0 Å². The quantitative estimate of drug-likeness (QED) is 0.765. The lowest BCUT2D eigenvalue weighted by atomic mass is 10.2. The van der Waals surface area contributed by atoms with Gasteiger partial charge in [0.05, 0.1) is 18.4 Å². The van der Waals surface area contributed by atoms with Crippen molar-refractivity contribution in [1.82, 2.24) is 0 Å². The fourth-order valence-corrected chi connectivity index (χ4v) is 2.45. The van der Waals surface area contributed by atoms with E-state index in [1.165, 1.54) is 7.11 Å². The molecule has 2 rings (SSSR count). The third-order valence-corrected chi connectivity index (χ3v) is 3.85. The summed E-state index contributed by atoms with van der Waals surface area (Å²) in [7, 11) is 1.53. The zero-order valence-electron chi connectivity index (χ0n) is 10.6. The predicted octanol–water partition coefficient (Wildman–Crippen LogP) is 4.05. The molecule has 20 heavy (non-hydrogen) atoms. The topological polar surface area (TPSA) is 64.3 Å². The number of ether oxygens (including phenoxy) is 1. The van der Waals surface area contributed by atoms with E-state index < -0.39 is 0 Å². The summed E-state index contributed by atoms with van der Waals surface area (Å²) in [5.41, 5.74) is 7.41. The molecule has 0 aliphatic rings. The molecule has 0 spiro atoms. The second kappa shape index (κ2) is 6.28. The van der Waals surface area contributed by atoms with Crippen LogP contribution in [0.1, 0.15) is 10.4 Å². The van der Waals surface area contributed by atoms with Gasteiger partial charge in [-0.25, -0.2) is 0 Å². The maximum atomic E-state index is 12.2. The number of hydrogen-bond acceptors (Lipinski definition) is 3. The number of nitrogens with two attached hydrogens (primary N) is 1. The maximum absolute atomic E-state index is 12.2. The number of carbonyl (C=O) groups excluding carboxylic acids is 1. The Morgan fingerprint density at radius 2 is 1.95 bits per heavy atom. The number of amides is 1. The van der Waals surface area contributed by atoms with E-state index in [0.717, 1.165) is 8.95 Å². The molecular weight excluding hydrogens is 388 g/mol. The van der Waals surface area contributed by atoms with Gasteiger partial charge in [0.2, 0.25) is 0 Å². The average Bonchev–Trinajstić information content (AvgIpc) is 2.43. The number of benzene rings is 2. The van der Waals surface area contributed by atoms with Crippen LogP contribution in [0.4, 0.5) is 11.4 Å². The van der Waals surface area contributed by atoms with Crippen molar-refractivity contribution in [2.45, 2.75) is 0 Å². The van der Waals surface area contributed by atoms with Crippen LogP contribution in [-0.2, 0) is 0 Å². The van der Waals surface area contributed by atoms with Crippen molar-refractivity contribution in [3.63, 3.8) is 0 Å². The molecule has 0 aliphatic carbocycles. The molecule has 0 fully saturated rings. The molecule has 0 saturated carbocycles. The highest BCUT2D eigenvalue weighted by atomic mass is 79.9. The van der Waals surface area contributed by atoms with Crippen LogP contribution >= 0.6 is 31.9 Å². The second-order valence-corrected chi connectivity index (χ2v) is 5.81. The summed E-state index contributed by atoms with van der Waals surface area (Å²) < 4.78 is 6.68. The predicted molar refractivity (Wildman–Crippen MR) is 87.2 cm³/mol. The highest BCUT2D eigenvalue weighted by Crippen LogP contribution is 2.27. The first-order chi connectivity index (χ1) is 9.51. The molecule has 0 atom stereocenters. The molecule has 1 amide bonds. The number of nitrogens with one attached hydrogen (secondary N) is 1. The molecule has 0 heterocycles. The van der Waals surface area contributed by atoms with E-state index in [-0.39, 0.29) is 5.91 Å². The van der Waals surface area contributed by atoms with Crippen molar-refractivity contribution < 1.29 is 9.53 Å². The van der Waals surface area contributed by atoms with Crippen molar-refractivity contribution >= 4 is 49.1 Å². The van der Waals surface area contributed by atoms with E-state index in [0.29, 0.717) is 22.7 Å². The molecule has 2 aromatic carbocycles. The average molecular weight is 400 g/mol. The van der Waals surface area contributed by atoms with Gasteiger partial charge in [-0.3, -0.25) is 4.79 Å². The lowest BCUT2D eigenvalue weighted by molar-refractivity contribution is 0.102. The Bertz CT molecular complexity index is 660. The summed E-state index contributed by atoms with van der Waals surface area (Å²) in [6.45, 7) is 0. The smallest absolute Gasteiger partial charge is 0.256 e. The van der Waals surface area contributed by atoms with Gasteiger partial charge in [0.25, 0.3) is 5.91 Å². The lowest BCUT2D eigenvalue weighted by Gasteiger charge is -2.10. The highest BCUT2D eigenvalue weighted by Gasteiger charge is 2.11. The van der Waals surface area contributed by atoms with Crippen LogP contribution < -0.4 is 15.8 Å². The molecule has 0 aromatic heterocycles. The fraction of sp³-hybridized carbons (Fsp3) is 0.0714. The standard InChI is InChI=1S/C14H12Br2N2O2/c1-20-13-7-9(3-5-12(13)17)18-14(19)10-6-8(15)2-4-11(10)16/h2-7H,17H2,1H3,(H,18,19). The van der Waals surface area contributed by atoms with Crippen LogP contribution in [0.3, 0.4) is 0 Å². The Morgan fingerprint density at radius 1 is 1.20 bits per heavy atom. The Morgan fingerprint density at radius 3 is 2.65 bits per heavy atom. The van der Waals surface area contributed by atoms with E-state index in [1.54, 1.807) is 24.3 Å². The fourth-order valence-electron chi connectivity index (χ4n) is 1.66. The summed E-state index contributed by atoms with van der Waals surface area (Å²) in [4.78, 5) is 12.2. The first-order valence-electron chi connectivity index (χ1n) is 5.71. The molecule has 4 nitrogen and oxygen atoms in total. The molecule has 0 radical (unpaired) electrons. The SMILES string of the molecule is COc1cc(NC(=O)c2cc(Br)ccc2Br)ccc1N. The molecule has 0 saturated heterocycles. The molecule has 2 aromatic rings. The van der Waals surface area contributed by atoms with Crippen molar-refractivity contribution in [2.75, 3.05) is 18.2 Å². The molecule has 0 unspecified atom stereocenters. The van der Waals surface area contributed by atoms with Gasteiger partial charge in [0.1, 0.15) is 5.75 Å². The minimum absolute atomic E-state index is 0.218. The third-order valence-electron chi connectivity index (χ3n) is 2.66. The van der Waals surface area contributed by atoms with Crippen LogP contribution in [0.15, 0.2) is 45.3 Å². The van der Waals surface area contributed by atoms with E-state index in [1.807, 2.05) is 12.1 Å². The zero-order valence-corrected chi connectivity index (χ0v) is 13.8. The number of carbonyl (C=O) groups is 1. The number of anilines is 2. The van der Waals surface area contributed by atoms with Crippen LogP contribution in [0.25, 0.3) is 0 Å². The third kappa shape index (κ3) is 3.32. The van der Waals surface area contributed by atoms with Gasteiger partial charge in [-0.2, -0.15) is 0 Å². The lowest BCUT2D eigenvalue weighted by Crippen LogP contribution is -2.12. The normalized spacial score (nSPS) is 10.2. The minimum Gasteiger partial charge on any atom is -0.495 e. The highest BCUT2D eigenvalue weighted by molar-refractivity contribution is 9.11. The number of nitrogen functional groups attached to an aromatic ring is 1. The second-order valence-electron chi connectivity index (χ2n) is 4.04. The van der Waals surface area contributed by atoms with Gasteiger partial charge in [0, 0.05) is 20.7 Å².